The first-order valence-corrected chi connectivity index (χ1v) is 11.6. The molecule has 2 aromatic heterocycles. The topological polar surface area (TPSA) is 47.0 Å². The Bertz CT molecular complexity index is 755. The molecule has 0 spiro atoms. The van der Waals surface area contributed by atoms with Gasteiger partial charge in [0.15, 0.2) is 5.96 Å². The standard InChI is InChI=1S/C22H32N6S/c1-23-22(28-13-11-27(12-14-28)21-8-2-3-9-24-21)25-16-19-6-4-10-26(17-19)18-20-7-5-15-29-20/h2-3,5,7-9,15,19H,4,6,10-14,16-18H2,1H3,(H,23,25). The Kier molecular flexibility index (Phi) is 7.00. The number of pyridine rings is 1. The van der Waals surface area contributed by atoms with Gasteiger partial charge in [0.2, 0.25) is 0 Å². The van der Waals surface area contributed by atoms with Gasteiger partial charge in [0.1, 0.15) is 5.82 Å². The normalized spacial score (nSPS) is 21.4. The van der Waals surface area contributed by atoms with Crippen molar-refractivity contribution < 1.29 is 0 Å². The lowest BCUT2D eigenvalue weighted by Crippen LogP contribution is -2.53. The summed E-state index contributed by atoms with van der Waals surface area (Å²) in [7, 11) is 1.90. The molecule has 4 rings (SSSR count). The molecule has 1 unspecified atom stereocenters. The van der Waals surface area contributed by atoms with Gasteiger partial charge in [0.25, 0.3) is 0 Å². The predicted molar refractivity (Wildman–Crippen MR) is 122 cm³/mol. The Morgan fingerprint density at radius 2 is 2.07 bits per heavy atom. The minimum Gasteiger partial charge on any atom is -0.356 e. The molecule has 7 heteroatoms. The summed E-state index contributed by atoms with van der Waals surface area (Å²) in [5.74, 6) is 2.81. The molecule has 0 saturated carbocycles. The highest BCUT2D eigenvalue weighted by Gasteiger charge is 2.23. The van der Waals surface area contributed by atoms with Crippen molar-refractivity contribution in [2.24, 2.45) is 10.9 Å². The molecule has 2 aromatic rings. The maximum Gasteiger partial charge on any atom is 0.193 e. The van der Waals surface area contributed by atoms with Crippen molar-refractivity contribution in [1.29, 1.82) is 0 Å². The summed E-state index contributed by atoms with van der Waals surface area (Å²) in [6.45, 7) is 8.42. The van der Waals surface area contributed by atoms with Gasteiger partial charge in [-0.2, -0.15) is 0 Å². The molecule has 4 heterocycles. The van der Waals surface area contributed by atoms with Crippen LogP contribution in [0, 0.1) is 5.92 Å². The highest BCUT2D eigenvalue weighted by atomic mass is 32.1. The fraction of sp³-hybridized carbons (Fsp3) is 0.545. The molecule has 2 aliphatic heterocycles. The number of hydrogen-bond donors (Lipinski definition) is 1. The van der Waals surface area contributed by atoms with Crippen LogP contribution >= 0.6 is 11.3 Å². The van der Waals surface area contributed by atoms with E-state index in [1.54, 1.807) is 0 Å². The summed E-state index contributed by atoms with van der Waals surface area (Å²) in [5, 5.41) is 5.84. The second-order valence-electron chi connectivity index (χ2n) is 7.91. The highest BCUT2D eigenvalue weighted by molar-refractivity contribution is 7.09. The molecule has 156 valence electrons. The minimum atomic E-state index is 0.690. The first kappa shape index (κ1) is 20.2. The van der Waals surface area contributed by atoms with E-state index >= 15 is 0 Å². The molecule has 0 aromatic carbocycles. The first-order valence-electron chi connectivity index (χ1n) is 10.7. The van der Waals surface area contributed by atoms with Gasteiger partial charge in [-0.15, -0.1) is 11.3 Å². The zero-order valence-electron chi connectivity index (χ0n) is 17.3. The van der Waals surface area contributed by atoms with E-state index in [0.717, 1.165) is 51.0 Å². The van der Waals surface area contributed by atoms with Crippen LogP contribution in [0.25, 0.3) is 0 Å². The molecule has 0 radical (unpaired) electrons. The summed E-state index contributed by atoms with van der Waals surface area (Å²) >= 11 is 1.87. The number of nitrogens with zero attached hydrogens (tertiary/aromatic N) is 5. The number of nitrogens with one attached hydrogen (secondary N) is 1. The lowest BCUT2D eigenvalue weighted by Gasteiger charge is -2.38. The SMILES string of the molecule is CN=C(NCC1CCCN(Cc2cccs2)C1)N1CCN(c2ccccn2)CC1. The molecular weight excluding hydrogens is 380 g/mol. The second-order valence-corrected chi connectivity index (χ2v) is 8.95. The van der Waals surface area contributed by atoms with E-state index in [1.165, 1.54) is 30.8 Å². The van der Waals surface area contributed by atoms with Gasteiger partial charge in [0, 0.05) is 63.9 Å². The van der Waals surface area contributed by atoms with Crippen LogP contribution in [0.15, 0.2) is 46.9 Å². The number of thiophene rings is 1. The molecule has 1 N–H and O–H groups in total. The van der Waals surface area contributed by atoms with Gasteiger partial charge in [0.05, 0.1) is 0 Å². The first-order chi connectivity index (χ1) is 14.3. The zero-order valence-corrected chi connectivity index (χ0v) is 18.2. The Morgan fingerprint density at radius 3 is 2.79 bits per heavy atom. The van der Waals surface area contributed by atoms with Crippen molar-refractivity contribution in [2.45, 2.75) is 19.4 Å². The third kappa shape index (κ3) is 5.48. The van der Waals surface area contributed by atoms with Crippen molar-refractivity contribution >= 4 is 23.1 Å². The number of aliphatic imine (C=N–C) groups is 1. The average molecular weight is 413 g/mol. The quantitative estimate of drug-likeness (QED) is 0.604. The maximum absolute atomic E-state index is 4.56. The van der Waals surface area contributed by atoms with Crippen LogP contribution in [-0.2, 0) is 6.54 Å². The highest BCUT2D eigenvalue weighted by Crippen LogP contribution is 2.20. The molecule has 1 atom stereocenters. The molecule has 0 bridgehead atoms. The molecule has 0 amide bonds. The van der Waals surface area contributed by atoms with E-state index in [1.807, 2.05) is 30.6 Å². The van der Waals surface area contributed by atoms with Crippen LogP contribution in [0.1, 0.15) is 17.7 Å². The van der Waals surface area contributed by atoms with Crippen LogP contribution < -0.4 is 10.2 Å². The van der Waals surface area contributed by atoms with Crippen LogP contribution in [0.5, 0.6) is 0 Å². The molecule has 2 aliphatic rings. The Labute approximate surface area is 178 Å². The second kappa shape index (κ2) is 10.1. The number of anilines is 1. The molecule has 29 heavy (non-hydrogen) atoms. The number of likely N-dealkylation sites (tertiary alicyclic amines) is 1. The van der Waals surface area contributed by atoms with E-state index in [9.17, 15) is 0 Å². The predicted octanol–water partition coefficient (Wildman–Crippen LogP) is 2.75. The van der Waals surface area contributed by atoms with Crippen LogP contribution in [0.3, 0.4) is 0 Å². The number of rotatable bonds is 5. The van der Waals surface area contributed by atoms with E-state index in [4.69, 9.17) is 0 Å². The molecular formula is C22H32N6S. The van der Waals surface area contributed by atoms with Crippen molar-refractivity contribution in [3.8, 4) is 0 Å². The van der Waals surface area contributed by atoms with Crippen LogP contribution in [-0.4, -0.2) is 73.6 Å². The summed E-state index contributed by atoms with van der Waals surface area (Å²) < 4.78 is 0. The minimum absolute atomic E-state index is 0.690. The van der Waals surface area contributed by atoms with Crippen LogP contribution in [0.2, 0.25) is 0 Å². The molecule has 2 saturated heterocycles. The summed E-state index contributed by atoms with van der Waals surface area (Å²) in [5.41, 5.74) is 0. The number of guanidine groups is 1. The lowest BCUT2D eigenvalue weighted by molar-refractivity contribution is 0.169. The van der Waals surface area contributed by atoms with Gasteiger partial charge in [-0.25, -0.2) is 4.98 Å². The average Bonchev–Trinajstić information content (AvgIpc) is 3.29. The fourth-order valence-corrected chi connectivity index (χ4v) is 5.09. The largest absolute Gasteiger partial charge is 0.356 e. The maximum atomic E-state index is 4.56. The number of piperidine rings is 1. The van der Waals surface area contributed by atoms with Gasteiger partial charge in [-0.3, -0.25) is 9.89 Å². The van der Waals surface area contributed by atoms with Gasteiger partial charge >= 0.3 is 0 Å². The lowest BCUT2D eigenvalue weighted by atomic mass is 9.98. The van der Waals surface area contributed by atoms with Crippen molar-refractivity contribution in [2.75, 3.05) is 57.8 Å². The molecule has 0 aliphatic carbocycles. The summed E-state index contributed by atoms with van der Waals surface area (Å²) in [6, 6.07) is 10.5. The Hall–Kier alpha value is -2.12. The van der Waals surface area contributed by atoms with Gasteiger partial charge < -0.3 is 15.1 Å². The zero-order chi connectivity index (χ0) is 19.9. The number of piperazine rings is 1. The van der Waals surface area contributed by atoms with Gasteiger partial charge in [-0.1, -0.05) is 12.1 Å². The van der Waals surface area contributed by atoms with E-state index < -0.39 is 0 Å². The summed E-state index contributed by atoms with van der Waals surface area (Å²) in [6.07, 6.45) is 4.46. The van der Waals surface area contributed by atoms with Crippen molar-refractivity contribution in [1.82, 2.24) is 20.1 Å². The monoisotopic (exact) mass is 412 g/mol. The Balaban J connectivity index is 1.23. The van der Waals surface area contributed by atoms with Crippen molar-refractivity contribution in [3.63, 3.8) is 0 Å². The third-order valence-electron chi connectivity index (χ3n) is 5.88. The summed E-state index contributed by atoms with van der Waals surface area (Å²) in [4.78, 5) is 17.9. The smallest absolute Gasteiger partial charge is 0.193 e. The molecule has 6 nitrogen and oxygen atoms in total. The Morgan fingerprint density at radius 1 is 1.17 bits per heavy atom. The van der Waals surface area contributed by atoms with Crippen molar-refractivity contribution in [3.05, 3.63) is 46.8 Å². The van der Waals surface area contributed by atoms with E-state index in [-0.39, 0.29) is 0 Å². The van der Waals surface area contributed by atoms with Crippen LogP contribution in [0.4, 0.5) is 5.82 Å². The van der Waals surface area contributed by atoms with E-state index in [2.05, 4.69) is 59.6 Å². The fourth-order valence-electron chi connectivity index (χ4n) is 4.34. The number of hydrogen-bond acceptors (Lipinski definition) is 5. The number of aromatic nitrogens is 1. The molecule has 2 fully saturated rings. The van der Waals surface area contributed by atoms with E-state index in [0.29, 0.717) is 5.92 Å². The van der Waals surface area contributed by atoms with Gasteiger partial charge in [-0.05, 0) is 48.9 Å². The third-order valence-corrected chi connectivity index (χ3v) is 6.74.